The molecule has 2 aromatic carbocycles. The molecule has 1 saturated heterocycles. The summed E-state index contributed by atoms with van der Waals surface area (Å²) in [5, 5.41) is 3.51. The van der Waals surface area contributed by atoms with E-state index in [2.05, 4.69) is 5.32 Å². The van der Waals surface area contributed by atoms with Gasteiger partial charge in [0.1, 0.15) is 17.9 Å². The molecule has 1 aliphatic heterocycles. The number of imide groups is 2. The number of halogens is 3. The number of urea groups is 1. The van der Waals surface area contributed by atoms with Crippen LogP contribution in [0.3, 0.4) is 0 Å². The Labute approximate surface area is 210 Å². The predicted molar refractivity (Wildman–Crippen MR) is 132 cm³/mol. The van der Waals surface area contributed by atoms with Gasteiger partial charge in [0.2, 0.25) is 0 Å². The molecule has 0 spiro atoms. The quantitative estimate of drug-likeness (QED) is 0.345. The van der Waals surface area contributed by atoms with Crippen molar-refractivity contribution in [3.05, 3.63) is 86.6 Å². The van der Waals surface area contributed by atoms with Crippen molar-refractivity contribution in [3.8, 4) is 5.75 Å². The molecule has 0 atom stereocenters. The van der Waals surface area contributed by atoms with Gasteiger partial charge >= 0.3 is 6.03 Å². The smallest absolute Gasteiger partial charge is 0.335 e. The van der Waals surface area contributed by atoms with E-state index in [0.717, 1.165) is 10.5 Å². The summed E-state index contributed by atoms with van der Waals surface area (Å²) in [6.45, 7) is 2.49. The average molecular weight is 519 g/mol. The highest BCUT2D eigenvalue weighted by atomic mass is 35.5. The molecule has 0 radical (unpaired) electrons. The second kappa shape index (κ2) is 9.93. The third-order valence-electron chi connectivity index (χ3n) is 5.16. The fourth-order valence-electron chi connectivity index (χ4n) is 3.37. The second-order valence-corrected chi connectivity index (χ2v) is 8.69. The second-order valence-electron chi connectivity index (χ2n) is 7.44. The molecule has 4 amide bonds. The molecular formula is C24H18Cl3N3O4. The number of aromatic nitrogens is 1. The van der Waals surface area contributed by atoms with Crippen molar-refractivity contribution in [2.75, 3.05) is 11.5 Å². The molecule has 1 aliphatic rings. The minimum absolute atomic E-state index is 0.182. The van der Waals surface area contributed by atoms with Gasteiger partial charge in [-0.05, 0) is 61.0 Å². The summed E-state index contributed by atoms with van der Waals surface area (Å²) >= 11 is 18.2. The number of nitrogens with one attached hydrogen (secondary N) is 1. The molecule has 34 heavy (non-hydrogen) atoms. The third kappa shape index (κ3) is 4.97. The number of barbiturate groups is 1. The minimum Gasteiger partial charge on any atom is -0.490 e. The Balaban J connectivity index is 1.54. The Morgan fingerprint density at radius 2 is 1.79 bits per heavy atom. The maximum absolute atomic E-state index is 13.1. The first-order valence-corrected chi connectivity index (χ1v) is 11.3. The molecule has 3 aromatic rings. The Morgan fingerprint density at radius 1 is 1.00 bits per heavy atom. The average Bonchev–Trinajstić information content (AvgIpc) is 3.22. The lowest BCUT2D eigenvalue weighted by Crippen LogP contribution is -2.54. The van der Waals surface area contributed by atoms with Crippen molar-refractivity contribution in [1.29, 1.82) is 0 Å². The van der Waals surface area contributed by atoms with Crippen molar-refractivity contribution in [1.82, 2.24) is 9.88 Å². The Kier molecular flexibility index (Phi) is 6.97. The molecule has 2 heterocycles. The van der Waals surface area contributed by atoms with E-state index in [1.54, 1.807) is 60.2 Å². The topological polar surface area (TPSA) is 80.6 Å². The van der Waals surface area contributed by atoms with Gasteiger partial charge < -0.3 is 9.30 Å². The Bertz CT molecular complexity index is 1330. The molecule has 174 valence electrons. The van der Waals surface area contributed by atoms with Crippen LogP contribution in [0, 0.1) is 6.92 Å². The van der Waals surface area contributed by atoms with Gasteiger partial charge in [-0.3, -0.25) is 14.9 Å². The first kappa shape index (κ1) is 23.9. The standard InChI is InChI=1S/C24H18Cl3N3O4/c1-14-4-6-17(13-19(14)26)30-23(32)18(22(31)28-24(30)33)12-16-3-2-8-29(16)9-10-34-21-7-5-15(25)11-20(21)27/h2-8,11-13H,9-10H2,1H3,(H,28,31,33). The number of nitrogens with zero attached hydrogens (tertiary/aromatic N) is 2. The van der Waals surface area contributed by atoms with Crippen LogP contribution in [0.15, 0.2) is 60.3 Å². The van der Waals surface area contributed by atoms with Crippen LogP contribution in [0.25, 0.3) is 6.08 Å². The van der Waals surface area contributed by atoms with E-state index in [1.807, 2.05) is 0 Å². The van der Waals surface area contributed by atoms with Crippen LogP contribution in [-0.2, 0) is 16.1 Å². The number of aryl methyl sites for hydroxylation is 1. The van der Waals surface area contributed by atoms with Crippen LogP contribution in [-0.4, -0.2) is 29.0 Å². The number of amides is 4. The molecule has 0 saturated carbocycles. The summed E-state index contributed by atoms with van der Waals surface area (Å²) in [5.41, 5.74) is 1.46. The first-order valence-electron chi connectivity index (χ1n) is 10.1. The highest BCUT2D eigenvalue weighted by molar-refractivity contribution is 6.39. The van der Waals surface area contributed by atoms with Crippen LogP contribution < -0.4 is 15.0 Å². The SMILES string of the molecule is Cc1ccc(N2C(=O)NC(=O)C(=Cc3cccn3CCOc3ccc(Cl)cc3Cl)C2=O)cc1Cl. The van der Waals surface area contributed by atoms with Crippen LogP contribution in [0.1, 0.15) is 11.3 Å². The number of hydrogen-bond donors (Lipinski definition) is 1. The maximum Gasteiger partial charge on any atom is 0.335 e. The van der Waals surface area contributed by atoms with Gasteiger partial charge in [-0.2, -0.15) is 0 Å². The number of carbonyl (C=O) groups excluding carboxylic acids is 3. The van der Waals surface area contributed by atoms with E-state index in [4.69, 9.17) is 39.5 Å². The summed E-state index contributed by atoms with van der Waals surface area (Å²) in [6, 6.07) is 12.4. The Morgan fingerprint density at radius 3 is 2.53 bits per heavy atom. The zero-order valence-electron chi connectivity index (χ0n) is 17.8. The van der Waals surface area contributed by atoms with Crippen LogP contribution in [0.4, 0.5) is 10.5 Å². The van der Waals surface area contributed by atoms with E-state index < -0.39 is 17.8 Å². The molecule has 0 unspecified atom stereocenters. The normalized spacial score (nSPS) is 15.1. The van der Waals surface area contributed by atoms with Gasteiger partial charge in [0.25, 0.3) is 11.8 Å². The molecule has 1 aromatic heterocycles. The number of ether oxygens (including phenoxy) is 1. The Hall–Kier alpha value is -3.26. The van der Waals surface area contributed by atoms with Gasteiger partial charge in [-0.25, -0.2) is 9.69 Å². The van der Waals surface area contributed by atoms with Gasteiger partial charge in [-0.1, -0.05) is 40.9 Å². The van der Waals surface area contributed by atoms with Gasteiger partial charge in [-0.15, -0.1) is 0 Å². The van der Waals surface area contributed by atoms with Crippen LogP contribution >= 0.6 is 34.8 Å². The zero-order chi connectivity index (χ0) is 24.4. The van der Waals surface area contributed by atoms with E-state index >= 15 is 0 Å². The fourth-order valence-corrected chi connectivity index (χ4v) is 4.01. The van der Waals surface area contributed by atoms with Crippen molar-refractivity contribution >= 4 is 64.4 Å². The molecule has 4 rings (SSSR count). The largest absolute Gasteiger partial charge is 0.490 e. The van der Waals surface area contributed by atoms with Gasteiger partial charge in [0.15, 0.2) is 0 Å². The van der Waals surface area contributed by atoms with E-state index in [1.165, 1.54) is 12.1 Å². The van der Waals surface area contributed by atoms with Crippen molar-refractivity contribution in [2.45, 2.75) is 13.5 Å². The van der Waals surface area contributed by atoms with Crippen molar-refractivity contribution in [2.24, 2.45) is 0 Å². The minimum atomic E-state index is -0.837. The molecule has 1 fully saturated rings. The van der Waals surface area contributed by atoms with E-state index in [-0.39, 0.29) is 17.9 Å². The number of carbonyl (C=O) groups is 3. The lowest BCUT2D eigenvalue weighted by Gasteiger charge is -2.26. The predicted octanol–water partition coefficient (Wildman–Crippen LogP) is 5.50. The molecule has 0 aliphatic carbocycles. The highest BCUT2D eigenvalue weighted by Crippen LogP contribution is 2.28. The lowest BCUT2D eigenvalue weighted by molar-refractivity contribution is -0.122. The van der Waals surface area contributed by atoms with Gasteiger partial charge in [0.05, 0.1) is 17.3 Å². The third-order valence-corrected chi connectivity index (χ3v) is 6.09. The summed E-state index contributed by atoms with van der Waals surface area (Å²) in [4.78, 5) is 38.9. The molecule has 1 N–H and O–H groups in total. The zero-order valence-corrected chi connectivity index (χ0v) is 20.1. The van der Waals surface area contributed by atoms with Gasteiger partial charge in [0, 0.05) is 21.9 Å². The van der Waals surface area contributed by atoms with Crippen LogP contribution in [0.2, 0.25) is 15.1 Å². The van der Waals surface area contributed by atoms with Crippen molar-refractivity contribution in [3.63, 3.8) is 0 Å². The lowest BCUT2D eigenvalue weighted by atomic mass is 10.1. The summed E-state index contributed by atoms with van der Waals surface area (Å²) in [7, 11) is 0. The molecule has 10 heteroatoms. The van der Waals surface area contributed by atoms with E-state index in [0.29, 0.717) is 33.1 Å². The molecular weight excluding hydrogens is 501 g/mol. The highest BCUT2D eigenvalue weighted by Gasteiger charge is 2.37. The van der Waals surface area contributed by atoms with E-state index in [9.17, 15) is 14.4 Å². The molecule has 0 bridgehead atoms. The fraction of sp³-hybridized carbons (Fsp3) is 0.125. The maximum atomic E-state index is 13.1. The summed E-state index contributed by atoms with van der Waals surface area (Å²) < 4.78 is 7.52. The first-order chi connectivity index (χ1) is 16.2. The summed E-state index contributed by atoms with van der Waals surface area (Å²) in [5.74, 6) is -1.03. The summed E-state index contributed by atoms with van der Waals surface area (Å²) in [6.07, 6.45) is 3.22. The monoisotopic (exact) mass is 517 g/mol. The van der Waals surface area contributed by atoms with Crippen LogP contribution in [0.5, 0.6) is 5.75 Å². The number of hydrogen-bond acceptors (Lipinski definition) is 4. The molecule has 7 nitrogen and oxygen atoms in total. The number of anilines is 1. The number of benzene rings is 2. The number of rotatable bonds is 6. The van der Waals surface area contributed by atoms with Crippen molar-refractivity contribution < 1.29 is 19.1 Å².